The fraction of sp³-hybridized carbons (Fsp3) is 0.238. The fourth-order valence-electron chi connectivity index (χ4n) is 2.90. The molecule has 0 saturated carbocycles. The molecule has 0 unspecified atom stereocenters. The summed E-state index contributed by atoms with van der Waals surface area (Å²) in [6, 6.07) is 12.7. The molecule has 4 nitrogen and oxygen atoms in total. The zero-order valence-corrected chi connectivity index (χ0v) is 15.2. The van der Waals surface area contributed by atoms with Gasteiger partial charge >= 0.3 is 12.1 Å². The molecule has 0 radical (unpaired) electrons. The molecule has 0 amide bonds. The van der Waals surface area contributed by atoms with Gasteiger partial charge in [0, 0.05) is 11.8 Å². The summed E-state index contributed by atoms with van der Waals surface area (Å²) in [6.45, 7) is 2.13. The number of aromatic nitrogens is 2. The monoisotopic (exact) mass is 388 g/mol. The summed E-state index contributed by atoms with van der Waals surface area (Å²) in [5.74, 6) is -0.343. The SMILES string of the molecule is CCOC(=O)Cn1cnc(-c2ccccc2Cc2ccc(C(F)(F)F)cc2)c1. The van der Waals surface area contributed by atoms with Gasteiger partial charge in [0.1, 0.15) is 6.54 Å². The molecule has 7 heteroatoms. The number of rotatable bonds is 6. The van der Waals surface area contributed by atoms with Gasteiger partial charge < -0.3 is 9.30 Å². The number of carbonyl (C=O) groups is 1. The Balaban J connectivity index is 1.80. The van der Waals surface area contributed by atoms with Crippen LogP contribution >= 0.6 is 0 Å². The number of benzene rings is 2. The van der Waals surface area contributed by atoms with Crippen molar-refractivity contribution >= 4 is 5.97 Å². The first-order valence-electron chi connectivity index (χ1n) is 8.78. The number of hydrogen-bond acceptors (Lipinski definition) is 3. The first-order chi connectivity index (χ1) is 13.4. The maximum Gasteiger partial charge on any atom is 0.416 e. The molecule has 0 N–H and O–H groups in total. The van der Waals surface area contributed by atoms with Crippen molar-refractivity contribution < 1.29 is 22.7 Å². The predicted molar refractivity (Wildman–Crippen MR) is 98.5 cm³/mol. The first kappa shape index (κ1) is 19.7. The van der Waals surface area contributed by atoms with E-state index in [1.54, 1.807) is 24.0 Å². The zero-order valence-electron chi connectivity index (χ0n) is 15.2. The lowest BCUT2D eigenvalue weighted by molar-refractivity contribution is -0.143. The highest BCUT2D eigenvalue weighted by molar-refractivity contribution is 5.70. The first-order valence-corrected chi connectivity index (χ1v) is 8.78. The molecule has 146 valence electrons. The van der Waals surface area contributed by atoms with Gasteiger partial charge in [-0.05, 0) is 36.6 Å². The number of hydrogen-bond donors (Lipinski definition) is 0. The summed E-state index contributed by atoms with van der Waals surface area (Å²) in [5.41, 5.74) is 2.59. The molecule has 0 atom stereocenters. The number of nitrogens with zero attached hydrogens (tertiary/aromatic N) is 2. The minimum atomic E-state index is -4.35. The van der Waals surface area contributed by atoms with Crippen molar-refractivity contribution in [1.82, 2.24) is 9.55 Å². The molecule has 0 saturated heterocycles. The Morgan fingerprint density at radius 2 is 1.82 bits per heavy atom. The van der Waals surface area contributed by atoms with Crippen LogP contribution in [0.5, 0.6) is 0 Å². The summed E-state index contributed by atoms with van der Waals surface area (Å²) in [5, 5.41) is 0. The highest BCUT2D eigenvalue weighted by atomic mass is 19.4. The molecule has 3 aromatic rings. The van der Waals surface area contributed by atoms with Crippen LogP contribution in [0, 0.1) is 0 Å². The molecular weight excluding hydrogens is 369 g/mol. The standard InChI is InChI=1S/C21H19F3N2O2/c1-2-28-20(27)13-26-12-19(25-14-26)18-6-4-3-5-16(18)11-15-7-9-17(10-8-15)21(22,23)24/h3-10,12,14H,2,11,13H2,1H3. The van der Waals surface area contributed by atoms with Crippen molar-refractivity contribution in [1.29, 1.82) is 0 Å². The molecule has 1 aromatic heterocycles. The van der Waals surface area contributed by atoms with Gasteiger partial charge in [0.15, 0.2) is 0 Å². The van der Waals surface area contributed by atoms with Crippen molar-refractivity contribution in [2.45, 2.75) is 26.1 Å². The molecule has 0 aliphatic rings. The molecule has 1 heterocycles. The maximum absolute atomic E-state index is 12.7. The molecule has 0 aliphatic heterocycles. The summed E-state index contributed by atoms with van der Waals surface area (Å²) >= 11 is 0. The van der Waals surface area contributed by atoms with Crippen molar-refractivity contribution in [3.63, 3.8) is 0 Å². The van der Waals surface area contributed by atoms with Crippen molar-refractivity contribution in [3.05, 3.63) is 77.7 Å². The lowest BCUT2D eigenvalue weighted by atomic mass is 9.97. The zero-order chi connectivity index (χ0) is 20.1. The molecule has 2 aromatic carbocycles. The van der Waals surface area contributed by atoms with Crippen LogP contribution in [0.25, 0.3) is 11.3 Å². The second-order valence-electron chi connectivity index (χ2n) is 6.26. The quantitative estimate of drug-likeness (QED) is 0.574. The third-order valence-corrected chi connectivity index (χ3v) is 4.22. The summed E-state index contributed by atoms with van der Waals surface area (Å²) < 4.78 is 44.8. The highest BCUT2D eigenvalue weighted by Gasteiger charge is 2.29. The van der Waals surface area contributed by atoms with E-state index in [0.29, 0.717) is 18.7 Å². The van der Waals surface area contributed by atoms with E-state index in [-0.39, 0.29) is 12.5 Å². The van der Waals surface area contributed by atoms with Crippen LogP contribution in [0.15, 0.2) is 61.1 Å². The number of imidazole rings is 1. The van der Waals surface area contributed by atoms with Gasteiger partial charge in [-0.2, -0.15) is 13.2 Å². The number of esters is 1. The molecule has 0 fully saturated rings. The molecule has 0 spiro atoms. The lowest BCUT2D eigenvalue weighted by Gasteiger charge is -2.10. The van der Waals surface area contributed by atoms with Crippen LogP contribution in [0.3, 0.4) is 0 Å². The van der Waals surface area contributed by atoms with E-state index < -0.39 is 11.7 Å². The van der Waals surface area contributed by atoms with Gasteiger partial charge in [-0.25, -0.2) is 4.98 Å². The van der Waals surface area contributed by atoms with Gasteiger partial charge in [0.25, 0.3) is 0 Å². The Morgan fingerprint density at radius 1 is 1.11 bits per heavy atom. The molecule has 28 heavy (non-hydrogen) atoms. The Labute approximate surface area is 160 Å². The number of ether oxygens (including phenoxy) is 1. The van der Waals surface area contributed by atoms with Crippen LogP contribution < -0.4 is 0 Å². The predicted octanol–water partition coefficient (Wildman–Crippen LogP) is 4.72. The largest absolute Gasteiger partial charge is 0.465 e. The van der Waals surface area contributed by atoms with Crippen LogP contribution in [-0.4, -0.2) is 22.1 Å². The van der Waals surface area contributed by atoms with Crippen LogP contribution in [0.4, 0.5) is 13.2 Å². The lowest BCUT2D eigenvalue weighted by Crippen LogP contribution is -2.11. The maximum atomic E-state index is 12.7. The third kappa shape index (κ3) is 4.79. The van der Waals surface area contributed by atoms with E-state index in [9.17, 15) is 18.0 Å². The van der Waals surface area contributed by atoms with E-state index in [1.165, 1.54) is 12.1 Å². The van der Waals surface area contributed by atoms with E-state index in [0.717, 1.165) is 28.8 Å². The van der Waals surface area contributed by atoms with Crippen molar-refractivity contribution in [2.75, 3.05) is 6.61 Å². The van der Waals surface area contributed by atoms with Gasteiger partial charge in [-0.1, -0.05) is 36.4 Å². The minimum Gasteiger partial charge on any atom is -0.465 e. The van der Waals surface area contributed by atoms with Crippen LogP contribution in [-0.2, 0) is 28.7 Å². The van der Waals surface area contributed by atoms with E-state index in [1.807, 2.05) is 24.3 Å². The van der Waals surface area contributed by atoms with E-state index >= 15 is 0 Å². The minimum absolute atomic E-state index is 0.0713. The van der Waals surface area contributed by atoms with Gasteiger partial charge in [0.05, 0.1) is 24.2 Å². The topological polar surface area (TPSA) is 44.1 Å². The second-order valence-corrected chi connectivity index (χ2v) is 6.26. The Hall–Kier alpha value is -3.09. The van der Waals surface area contributed by atoms with Crippen LogP contribution in [0.1, 0.15) is 23.6 Å². The van der Waals surface area contributed by atoms with Crippen molar-refractivity contribution in [3.8, 4) is 11.3 Å². The van der Waals surface area contributed by atoms with E-state index in [2.05, 4.69) is 4.98 Å². The number of alkyl halides is 3. The van der Waals surface area contributed by atoms with Crippen LogP contribution in [0.2, 0.25) is 0 Å². The van der Waals surface area contributed by atoms with Gasteiger partial charge in [0.2, 0.25) is 0 Å². The third-order valence-electron chi connectivity index (χ3n) is 4.22. The van der Waals surface area contributed by atoms with Gasteiger partial charge in [-0.3, -0.25) is 4.79 Å². The highest BCUT2D eigenvalue weighted by Crippen LogP contribution is 2.30. The summed E-state index contributed by atoms with van der Waals surface area (Å²) in [4.78, 5) is 16.0. The molecule has 3 rings (SSSR count). The Bertz CT molecular complexity index is 947. The summed E-state index contributed by atoms with van der Waals surface area (Å²) in [7, 11) is 0. The number of carbonyl (C=O) groups excluding carboxylic acids is 1. The normalized spacial score (nSPS) is 11.4. The Morgan fingerprint density at radius 3 is 2.50 bits per heavy atom. The van der Waals surface area contributed by atoms with E-state index in [4.69, 9.17) is 4.74 Å². The molecule has 0 bridgehead atoms. The second kappa shape index (κ2) is 8.29. The molecule has 0 aliphatic carbocycles. The number of halogens is 3. The smallest absolute Gasteiger partial charge is 0.416 e. The Kier molecular flexibility index (Phi) is 5.82. The average molecular weight is 388 g/mol. The average Bonchev–Trinajstić information content (AvgIpc) is 3.10. The summed E-state index contributed by atoms with van der Waals surface area (Å²) in [6.07, 6.45) is -0.565. The molecular formula is C21H19F3N2O2. The fourth-order valence-corrected chi connectivity index (χ4v) is 2.90. The van der Waals surface area contributed by atoms with Gasteiger partial charge in [-0.15, -0.1) is 0 Å². The van der Waals surface area contributed by atoms with Crippen molar-refractivity contribution in [2.24, 2.45) is 0 Å².